The van der Waals surface area contributed by atoms with Crippen molar-refractivity contribution in [3.8, 4) is 5.88 Å². The minimum absolute atomic E-state index is 0.101. The van der Waals surface area contributed by atoms with Gasteiger partial charge < -0.3 is 5.11 Å². The molecule has 2 aromatic rings. The van der Waals surface area contributed by atoms with Crippen LogP contribution in [0.4, 0.5) is 5.95 Å². The number of carbonyl (C=O) groups is 1. The second-order valence-corrected chi connectivity index (χ2v) is 6.14. The molecule has 96 valence electrons. The normalized spacial score (nSPS) is 11.8. The summed E-state index contributed by atoms with van der Waals surface area (Å²) in [5.41, 5.74) is -0.177. The van der Waals surface area contributed by atoms with Gasteiger partial charge in [0.05, 0.1) is 5.01 Å². The Morgan fingerprint density at radius 2 is 1.94 bits per heavy atom. The summed E-state index contributed by atoms with van der Waals surface area (Å²) in [4.78, 5) is 24.5. The molecule has 2 N–H and O–H groups in total. The number of nitrogens with zero attached hydrogens (tertiary/aromatic N) is 3. The zero-order chi connectivity index (χ0) is 13.5. The number of anilines is 1. The van der Waals surface area contributed by atoms with Gasteiger partial charge in [-0.2, -0.15) is 9.97 Å². The third-order valence-corrected chi connectivity index (χ3v) is 3.12. The molecule has 0 spiro atoms. The summed E-state index contributed by atoms with van der Waals surface area (Å²) in [6, 6.07) is 0. The summed E-state index contributed by atoms with van der Waals surface area (Å²) in [6.07, 6.45) is 0. The zero-order valence-electron chi connectivity index (χ0n) is 10.6. The molecule has 0 aromatic carbocycles. The summed E-state index contributed by atoms with van der Waals surface area (Å²) in [7, 11) is 0. The number of amides is 1. The van der Waals surface area contributed by atoms with Gasteiger partial charge in [-0.15, -0.1) is 0 Å². The lowest BCUT2D eigenvalue weighted by Gasteiger charge is -2.16. The van der Waals surface area contributed by atoms with E-state index in [1.165, 1.54) is 11.3 Å². The van der Waals surface area contributed by atoms with Gasteiger partial charge in [0.25, 0.3) is 0 Å². The van der Waals surface area contributed by atoms with Crippen molar-refractivity contribution in [3.63, 3.8) is 0 Å². The average Bonchev–Trinajstić information content (AvgIpc) is 2.57. The minimum Gasteiger partial charge on any atom is -0.492 e. The molecular formula is C11H14N4O2S. The van der Waals surface area contributed by atoms with Crippen LogP contribution in [0.3, 0.4) is 0 Å². The first-order valence-corrected chi connectivity index (χ1v) is 6.24. The van der Waals surface area contributed by atoms with E-state index in [0.29, 0.717) is 10.3 Å². The number of thiazole rings is 1. The highest BCUT2D eigenvalue weighted by Crippen LogP contribution is 2.27. The number of hydrogen-bond donors (Lipinski definition) is 2. The molecule has 0 fully saturated rings. The Hall–Kier alpha value is -1.76. The molecule has 1 amide bonds. The van der Waals surface area contributed by atoms with Crippen LogP contribution in [-0.2, 0) is 4.79 Å². The molecule has 0 aliphatic rings. The first-order chi connectivity index (χ1) is 8.27. The molecule has 2 heterocycles. The van der Waals surface area contributed by atoms with Crippen LogP contribution in [0.15, 0.2) is 0 Å². The van der Waals surface area contributed by atoms with Gasteiger partial charge in [-0.1, -0.05) is 32.1 Å². The number of fused-ring (bicyclic) bond motifs is 1. The first kappa shape index (κ1) is 12.7. The maximum atomic E-state index is 11.8. The molecule has 6 nitrogen and oxygen atoms in total. The van der Waals surface area contributed by atoms with E-state index < -0.39 is 5.41 Å². The Kier molecular flexibility index (Phi) is 2.94. The van der Waals surface area contributed by atoms with Gasteiger partial charge in [-0.25, -0.2) is 4.98 Å². The maximum absolute atomic E-state index is 11.8. The lowest BCUT2D eigenvalue weighted by molar-refractivity contribution is -0.123. The SMILES string of the molecule is Cc1nc2c(O)nc(NC(=O)C(C)(C)C)nc2s1. The lowest BCUT2D eigenvalue weighted by Crippen LogP contribution is -2.28. The summed E-state index contributed by atoms with van der Waals surface area (Å²) < 4.78 is 0. The predicted octanol–water partition coefficient (Wildman–Crippen LogP) is 2.08. The van der Waals surface area contributed by atoms with Crippen molar-refractivity contribution in [2.24, 2.45) is 5.41 Å². The number of nitrogens with one attached hydrogen (secondary N) is 1. The predicted molar refractivity (Wildman–Crippen MR) is 69.7 cm³/mol. The number of aromatic nitrogens is 3. The fourth-order valence-electron chi connectivity index (χ4n) is 1.26. The van der Waals surface area contributed by atoms with Crippen molar-refractivity contribution in [2.45, 2.75) is 27.7 Å². The van der Waals surface area contributed by atoms with Gasteiger partial charge in [0, 0.05) is 5.41 Å². The quantitative estimate of drug-likeness (QED) is 0.825. The van der Waals surface area contributed by atoms with Crippen LogP contribution in [-0.4, -0.2) is 26.0 Å². The number of rotatable bonds is 1. The molecular weight excluding hydrogens is 252 g/mol. The Labute approximate surface area is 108 Å². The van der Waals surface area contributed by atoms with Gasteiger partial charge in [0.15, 0.2) is 10.3 Å². The standard InChI is InChI=1S/C11H14N4O2S/c1-5-12-6-7(16)13-10(14-8(6)18-5)15-9(17)11(2,3)4/h1-4H3,(H2,13,14,15,16,17). The number of aryl methyl sites for hydroxylation is 1. The van der Waals surface area contributed by atoms with E-state index in [4.69, 9.17) is 0 Å². The summed E-state index contributed by atoms with van der Waals surface area (Å²) in [6.45, 7) is 7.19. The molecule has 0 saturated carbocycles. The van der Waals surface area contributed by atoms with E-state index in [1.807, 2.05) is 6.92 Å². The van der Waals surface area contributed by atoms with Crippen LogP contribution < -0.4 is 5.32 Å². The van der Waals surface area contributed by atoms with Crippen molar-refractivity contribution in [1.82, 2.24) is 15.0 Å². The first-order valence-electron chi connectivity index (χ1n) is 5.43. The van der Waals surface area contributed by atoms with Crippen molar-refractivity contribution < 1.29 is 9.90 Å². The van der Waals surface area contributed by atoms with Crippen molar-refractivity contribution in [3.05, 3.63) is 5.01 Å². The van der Waals surface area contributed by atoms with E-state index in [-0.39, 0.29) is 17.7 Å². The van der Waals surface area contributed by atoms with Crippen molar-refractivity contribution in [2.75, 3.05) is 5.32 Å². The monoisotopic (exact) mass is 266 g/mol. The summed E-state index contributed by atoms with van der Waals surface area (Å²) >= 11 is 1.34. The third kappa shape index (κ3) is 2.40. The average molecular weight is 266 g/mol. The highest BCUT2D eigenvalue weighted by molar-refractivity contribution is 7.18. The molecule has 0 radical (unpaired) electrons. The number of aromatic hydroxyl groups is 1. The van der Waals surface area contributed by atoms with Crippen LogP contribution in [0.1, 0.15) is 25.8 Å². The highest BCUT2D eigenvalue weighted by atomic mass is 32.1. The van der Waals surface area contributed by atoms with E-state index in [0.717, 1.165) is 5.01 Å². The molecule has 18 heavy (non-hydrogen) atoms. The Morgan fingerprint density at radius 1 is 1.28 bits per heavy atom. The van der Waals surface area contributed by atoms with Gasteiger partial charge in [0.2, 0.25) is 17.7 Å². The fraction of sp³-hybridized carbons (Fsp3) is 0.455. The Morgan fingerprint density at radius 3 is 2.56 bits per heavy atom. The fourth-order valence-corrected chi connectivity index (χ4v) is 2.04. The lowest BCUT2D eigenvalue weighted by atomic mass is 9.96. The summed E-state index contributed by atoms with van der Waals surface area (Å²) in [5, 5.41) is 13.1. The number of carbonyl (C=O) groups excluding carboxylic acids is 1. The van der Waals surface area contributed by atoms with Crippen LogP contribution in [0.25, 0.3) is 10.3 Å². The molecule has 2 rings (SSSR count). The van der Waals surface area contributed by atoms with Crippen molar-refractivity contribution in [1.29, 1.82) is 0 Å². The Bertz CT molecular complexity index is 615. The van der Waals surface area contributed by atoms with Crippen LogP contribution in [0.2, 0.25) is 0 Å². The molecule has 0 bridgehead atoms. The van der Waals surface area contributed by atoms with E-state index in [9.17, 15) is 9.90 Å². The topological polar surface area (TPSA) is 88.0 Å². The molecule has 0 aliphatic heterocycles. The smallest absolute Gasteiger partial charge is 0.244 e. The maximum Gasteiger partial charge on any atom is 0.244 e. The molecule has 2 aromatic heterocycles. The molecule has 7 heteroatoms. The van der Waals surface area contributed by atoms with Crippen molar-refractivity contribution >= 4 is 33.5 Å². The van der Waals surface area contributed by atoms with Crippen LogP contribution in [0, 0.1) is 12.3 Å². The van der Waals surface area contributed by atoms with E-state index >= 15 is 0 Å². The Balaban J connectivity index is 2.38. The van der Waals surface area contributed by atoms with Gasteiger partial charge in [-0.3, -0.25) is 10.1 Å². The second-order valence-electron chi connectivity index (χ2n) is 4.96. The van der Waals surface area contributed by atoms with Gasteiger partial charge >= 0.3 is 0 Å². The third-order valence-electron chi connectivity index (χ3n) is 2.25. The van der Waals surface area contributed by atoms with E-state index in [1.54, 1.807) is 20.8 Å². The molecule has 0 atom stereocenters. The molecule has 0 unspecified atom stereocenters. The van der Waals surface area contributed by atoms with Gasteiger partial charge in [0.1, 0.15) is 0 Å². The zero-order valence-corrected chi connectivity index (χ0v) is 11.4. The van der Waals surface area contributed by atoms with E-state index in [2.05, 4.69) is 20.3 Å². The van der Waals surface area contributed by atoms with Crippen LogP contribution >= 0.6 is 11.3 Å². The van der Waals surface area contributed by atoms with Crippen LogP contribution in [0.5, 0.6) is 5.88 Å². The largest absolute Gasteiger partial charge is 0.492 e. The second kappa shape index (κ2) is 4.16. The van der Waals surface area contributed by atoms with Gasteiger partial charge in [-0.05, 0) is 6.92 Å². The highest BCUT2D eigenvalue weighted by Gasteiger charge is 2.23. The molecule has 0 saturated heterocycles. The molecule has 0 aliphatic carbocycles. The minimum atomic E-state index is -0.544. The summed E-state index contributed by atoms with van der Waals surface area (Å²) in [5.74, 6) is -0.320. The number of hydrogen-bond acceptors (Lipinski definition) is 6.